The third kappa shape index (κ3) is 9.05. The number of ether oxygens (including phenoxy) is 4. The van der Waals surface area contributed by atoms with Gasteiger partial charge >= 0.3 is 114 Å². The number of benzene rings is 2. The molecule has 0 amide bonds. The Morgan fingerprint density at radius 3 is 2.18 bits per heavy atom. The molecule has 2 saturated carbocycles. The third-order valence-electron chi connectivity index (χ3n) is 12.1. The van der Waals surface area contributed by atoms with E-state index in [9.17, 15) is 9.59 Å². The molecule has 51 heavy (non-hydrogen) atoms. The van der Waals surface area contributed by atoms with Gasteiger partial charge in [-0.1, -0.05) is 26.0 Å². The summed E-state index contributed by atoms with van der Waals surface area (Å²) in [5, 5.41) is 0. The number of carbonyl (C=O) groups is 2. The topological polar surface area (TPSA) is 71.1 Å². The molecule has 0 bridgehead atoms. The number of ketones is 2. The summed E-state index contributed by atoms with van der Waals surface area (Å²) in [4.78, 5) is 24.7. The van der Waals surface area contributed by atoms with Gasteiger partial charge in [0.2, 0.25) is 0 Å². The molecule has 5 atom stereocenters. The number of hydrogen-bond acceptors (Lipinski definition) is 6. The van der Waals surface area contributed by atoms with Crippen LogP contribution in [0.15, 0.2) is 53.6 Å². The Balaban J connectivity index is 0.000000168. The van der Waals surface area contributed by atoms with Crippen LogP contribution in [0.1, 0.15) is 88.7 Å². The average Bonchev–Trinajstić information content (AvgIpc) is 3.67. The fourth-order valence-electron chi connectivity index (χ4n) is 9.64. The van der Waals surface area contributed by atoms with Crippen molar-refractivity contribution in [3.05, 3.63) is 64.7 Å². The molecule has 2 aromatic rings. The van der Waals surface area contributed by atoms with E-state index in [1.165, 1.54) is 22.3 Å². The standard InChI is InChI=1S/C19H24O3.C19H20O3.5HI.2V/c2*1-3-19-9-8-13-14-5-4-12(21-2)10-17(14)22-11-15(13)16(19)6-7-18(19)20;;;;;;;/h4-5,10,13,15-16H,3,6-9,11H2,1-2H3;4-6,10H,3,7-9,11H2,1-2H3;5*1H;;/q;;;;;;;+2;+3/p-5/t13-,15+,16+,19+;19-;;;;;;;/m10......./s1. The second kappa shape index (κ2) is 19.6. The van der Waals surface area contributed by atoms with Crippen LogP contribution in [0, 0.1) is 22.7 Å². The van der Waals surface area contributed by atoms with E-state index in [1.54, 1.807) is 14.2 Å². The van der Waals surface area contributed by atoms with E-state index in [2.05, 4.69) is 132 Å². The van der Waals surface area contributed by atoms with Gasteiger partial charge < -0.3 is 18.9 Å². The second-order valence-electron chi connectivity index (χ2n) is 13.6. The van der Waals surface area contributed by atoms with Gasteiger partial charge in [0.15, 0.2) is 0 Å². The van der Waals surface area contributed by atoms with Gasteiger partial charge in [-0.3, -0.25) is 9.59 Å². The van der Waals surface area contributed by atoms with Crippen LogP contribution in [0.4, 0.5) is 0 Å². The normalized spacial score (nSPS) is 27.7. The molecule has 0 radical (unpaired) electrons. The van der Waals surface area contributed by atoms with Gasteiger partial charge in [0.1, 0.15) is 41.2 Å². The fraction of sp³-hybridized carbons (Fsp3) is 0.526. The van der Waals surface area contributed by atoms with Crippen molar-refractivity contribution in [1.82, 2.24) is 0 Å². The van der Waals surface area contributed by atoms with Crippen molar-refractivity contribution < 1.29 is 42.9 Å². The molecule has 2 heterocycles. The van der Waals surface area contributed by atoms with Crippen molar-refractivity contribution in [2.45, 2.75) is 77.6 Å². The van der Waals surface area contributed by atoms with Gasteiger partial charge in [-0.15, -0.1) is 0 Å². The molecule has 0 spiro atoms. The molecule has 277 valence electrons. The molecule has 2 fully saturated rings. The summed E-state index contributed by atoms with van der Waals surface area (Å²) in [6.07, 6.45) is 10.5. The van der Waals surface area contributed by atoms with E-state index in [0.717, 1.165) is 86.5 Å². The zero-order valence-corrected chi connectivity index (χ0v) is 42.9. The van der Waals surface area contributed by atoms with Crippen molar-refractivity contribution in [2.24, 2.45) is 22.7 Å². The monoisotopic (exact) mass is 1330 g/mol. The van der Waals surface area contributed by atoms with Gasteiger partial charge in [0.05, 0.1) is 26.2 Å². The van der Waals surface area contributed by atoms with Crippen LogP contribution < -0.4 is 18.9 Å². The minimum atomic E-state index is -0.278. The average molecular weight is 1330 g/mol. The molecule has 2 aliphatic heterocycles. The fourth-order valence-corrected chi connectivity index (χ4v) is 9.64. The van der Waals surface area contributed by atoms with Gasteiger partial charge in [-0.25, -0.2) is 0 Å². The quantitative estimate of drug-likeness (QED) is 0.284. The second-order valence-corrected chi connectivity index (χ2v) is 60.8. The number of fused-ring (bicyclic) bond motifs is 9. The Hall–Kier alpha value is 1.28. The summed E-state index contributed by atoms with van der Waals surface area (Å²) in [6.45, 7) is 5.64. The SMILES string of the molecule is CC[C@]12CCC3=C(COc4cc(OC)ccc43)C1=CCC2=O.CC[C@]12CC[C@@H]3c4ccc(OC)cc4OC[C@@H]3[C@@H]1CCC2=O.[I][V]([I])[I].[I][V][I]. The van der Waals surface area contributed by atoms with Gasteiger partial charge in [-0.2, -0.15) is 0 Å². The molecule has 2 aromatic carbocycles. The van der Waals surface area contributed by atoms with Crippen LogP contribution in [0.5, 0.6) is 23.0 Å². The molecular formula is C38H44I5O6V2. The Kier molecular flexibility index (Phi) is 16.7. The summed E-state index contributed by atoms with van der Waals surface area (Å²) in [7, 11) is 3.98. The summed E-state index contributed by atoms with van der Waals surface area (Å²) in [5.74, 6) is 6.01. The number of hydrogen-bond donors (Lipinski definition) is 0. The van der Waals surface area contributed by atoms with E-state index in [1.807, 2.05) is 24.3 Å². The molecule has 0 unspecified atom stereocenters. The first-order valence-electron chi connectivity index (χ1n) is 17.3. The zero-order chi connectivity index (χ0) is 36.9. The predicted octanol–water partition coefficient (Wildman–Crippen LogP) is 12.3. The van der Waals surface area contributed by atoms with Crippen LogP contribution in [0.25, 0.3) is 5.57 Å². The van der Waals surface area contributed by atoms with Crippen molar-refractivity contribution >= 4 is 117 Å². The number of halogens is 5. The van der Waals surface area contributed by atoms with E-state index in [-0.39, 0.29) is 15.8 Å². The Labute approximate surface area is 369 Å². The predicted molar refractivity (Wildman–Crippen MR) is 240 cm³/mol. The molecule has 6 nitrogen and oxygen atoms in total. The van der Waals surface area contributed by atoms with Crippen molar-refractivity contribution in [2.75, 3.05) is 27.4 Å². The molecule has 13 heteroatoms. The maximum atomic E-state index is 12.5. The molecule has 0 aromatic heterocycles. The molecular weight excluding hydrogens is 1290 g/mol. The summed E-state index contributed by atoms with van der Waals surface area (Å²) < 4.78 is 22.6. The third-order valence-corrected chi connectivity index (χ3v) is 12.1. The van der Waals surface area contributed by atoms with E-state index in [0.29, 0.717) is 51.8 Å². The molecule has 0 N–H and O–H groups in total. The summed E-state index contributed by atoms with van der Waals surface area (Å²) >= 11 is 12.1. The zero-order valence-electron chi connectivity index (χ0n) is 29.3. The number of methoxy groups -OCH3 is 2. The Bertz CT molecular complexity index is 1660. The molecule has 8 rings (SSSR count). The number of rotatable bonds is 4. The van der Waals surface area contributed by atoms with Crippen LogP contribution >= 0.6 is 99.9 Å². The van der Waals surface area contributed by atoms with Crippen molar-refractivity contribution in [1.29, 1.82) is 0 Å². The summed E-state index contributed by atoms with van der Waals surface area (Å²) in [5.41, 5.74) is 6.03. The first-order valence-corrected chi connectivity index (χ1v) is 39.9. The van der Waals surface area contributed by atoms with Crippen LogP contribution in [0.3, 0.4) is 0 Å². The number of carbonyl (C=O) groups excluding carboxylic acids is 2. The van der Waals surface area contributed by atoms with Crippen LogP contribution in [-0.2, 0) is 24.0 Å². The van der Waals surface area contributed by atoms with Crippen molar-refractivity contribution in [3.63, 3.8) is 0 Å². The van der Waals surface area contributed by atoms with Crippen LogP contribution in [0.2, 0.25) is 0 Å². The Morgan fingerprint density at radius 2 is 1.53 bits per heavy atom. The molecule has 0 saturated heterocycles. The molecule has 6 aliphatic rings. The van der Waals surface area contributed by atoms with Crippen molar-refractivity contribution in [3.8, 4) is 23.0 Å². The van der Waals surface area contributed by atoms with Gasteiger partial charge in [0.25, 0.3) is 0 Å². The molecule has 4 aliphatic carbocycles. The van der Waals surface area contributed by atoms with Gasteiger partial charge in [0, 0.05) is 41.9 Å². The van der Waals surface area contributed by atoms with Crippen LogP contribution in [-0.4, -0.2) is 39.0 Å². The van der Waals surface area contributed by atoms with E-state index < -0.39 is 0 Å². The maximum absolute atomic E-state index is 12.5. The van der Waals surface area contributed by atoms with E-state index in [4.69, 9.17) is 18.9 Å². The first kappa shape index (κ1) is 43.4. The first-order chi connectivity index (χ1) is 24.5. The number of Topliss-reactive ketones (excluding diaryl/α,β-unsaturated/α-hetero) is 2. The Morgan fingerprint density at radius 1 is 0.863 bits per heavy atom. The van der Waals surface area contributed by atoms with Gasteiger partial charge in [-0.05, 0) is 97.3 Å². The number of allylic oxidation sites excluding steroid dienone is 2. The minimum absolute atomic E-state index is 0.0471. The van der Waals surface area contributed by atoms with E-state index >= 15 is 0 Å². The summed E-state index contributed by atoms with van der Waals surface area (Å²) in [6, 6.07) is 12.2.